The van der Waals surface area contributed by atoms with Crippen molar-refractivity contribution in [3.05, 3.63) is 0 Å². The average molecular weight is 298 g/mol. The topological polar surface area (TPSA) is 41.6 Å². The van der Waals surface area contributed by atoms with Crippen LogP contribution in [-0.2, 0) is 9.53 Å². The highest BCUT2D eigenvalue weighted by Gasteiger charge is 2.29. The van der Waals surface area contributed by atoms with E-state index >= 15 is 0 Å². The van der Waals surface area contributed by atoms with E-state index in [2.05, 4.69) is 44.8 Å². The molecule has 1 unspecified atom stereocenters. The Bertz CT molecular complexity index is 315. The second-order valence-electron chi connectivity index (χ2n) is 7.67. The Morgan fingerprint density at radius 1 is 1.29 bits per heavy atom. The molecule has 124 valence electrons. The largest absolute Gasteiger partial charge is 0.468 e. The summed E-state index contributed by atoms with van der Waals surface area (Å²) in [4.78, 5) is 14.3. The van der Waals surface area contributed by atoms with Crippen LogP contribution in [0.3, 0.4) is 0 Å². The number of piperidine rings is 1. The van der Waals surface area contributed by atoms with Crippen LogP contribution in [0.15, 0.2) is 0 Å². The van der Waals surface area contributed by atoms with Gasteiger partial charge in [0.2, 0.25) is 0 Å². The molecule has 0 radical (unpaired) electrons. The number of carbonyl (C=O) groups is 1. The third-order valence-electron chi connectivity index (χ3n) is 4.57. The van der Waals surface area contributed by atoms with Gasteiger partial charge >= 0.3 is 5.97 Å². The molecule has 1 aliphatic heterocycles. The predicted molar refractivity (Wildman–Crippen MR) is 87.3 cm³/mol. The smallest absolute Gasteiger partial charge is 0.322 e. The Labute approximate surface area is 130 Å². The van der Waals surface area contributed by atoms with Crippen LogP contribution in [0.1, 0.15) is 53.9 Å². The van der Waals surface area contributed by atoms with Crippen LogP contribution < -0.4 is 5.32 Å². The molecule has 0 aromatic heterocycles. The molecule has 4 heteroatoms. The average Bonchev–Trinajstić information content (AvgIpc) is 2.41. The van der Waals surface area contributed by atoms with Crippen molar-refractivity contribution in [1.29, 1.82) is 0 Å². The molecular formula is C17H34N2O2. The van der Waals surface area contributed by atoms with E-state index in [0.717, 1.165) is 32.0 Å². The first-order valence-corrected chi connectivity index (χ1v) is 8.30. The van der Waals surface area contributed by atoms with Gasteiger partial charge in [-0.05, 0) is 43.7 Å². The summed E-state index contributed by atoms with van der Waals surface area (Å²) < 4.78 is 4.89. The summed E-state index contributed by atoms with van der Waals surface area (Å²) in [5.41, 5.74) is 0.417. The maximum atomic E-state index is 11.8. The van der Waals surface area contributed by atoms with Crippen LogP contribution in [0.2, 0.25) is 0 Å². The van der Waals surface area contributed by atoms with Crippen molar-refractivity contribution in [2.45, 2.75) is 66.0 Å². The van der Waals surface area contributed by atoms with Gasteiger partial charge in [-0.2, -0.15) is 0 Å². The number of likely N-dealkylation sites (tertiary alicyclic amines) is 1. The minimum Gasteiger partial charge on any atom is -0.468 e. The number of methoxy groups -OCH3 is 1. The SMILES string of the molecule is COC(=O)C(CCN1CCC(C(C)(C)C)CC1)NC(C)C. The predicted octanol–water partition coefficient (Wildman–Crippen LogP) is 2.67. The first kappa shape index (κ1) is 18.4. The maximum absolute atomic E-state index is 11.8. The molecule has 0 aromatic rings. The highest BCUT2D eigenvalue weighted by molar-refractivity contribution is 5.75. The summed E-state index contributed by atoms with van der Waals surface area (Å²) in [7, 11) is 1.46. The van der Waals surface area contributed by atoms with Crippen LogP contribution in [0, 0.1) is 11.3 Å². The molecule has 0 aliphatic carbocycles. The number of hydrogen-bond acceptors (Lipinski definition) is 4. The van der Waals surface area contributed by atoms with Gasteiger partial charge in [-0.15, -0.1) is 0 Å². The fourth-order valence-corrected chi connectivity index (χ4v) is 3.15. The van der Waals surface area contributed by atoms with E-state index in [9.17, 15) is 4.79 Å². The van der Waals surface area contributed by atoms with Crippen molar-refractivity contribution >= 4 is 5.97 Å². The van der Waals surface area contributed by atoms with Gasteiger partial charge in [-0.3, -0.25) is 4.79 Å². The summed E-state index contributed by atoms with van der Waals surface area (Å²) in [6.45, 7) is 14.4. The van der Waals surface area contributed by atoms with Crippen LogP contribution in [0.25, 0.3) is 0 Å². The van der Waals surface area contributed by atoms with Crippen LogP contribution in [-0.4, -0.2) is 49.7 Å². The molecule has 4 nitrogen and oxygen atoms in total. The van der Waals surface area contributed by atoms with Gasteiger partial charge in [0.25, 0.3) is 0 Å². The molecule has 0 amide bonds. The number of carbonyl (C=O) groups excluding carboxylic acids is 1. The Morgan fingerprint density at radius 3 is 2.29 bits per heavy atom. The van der Waals surface area contributed by atoms with Gasteiger partial charge < -0.3 is 15.0 Å². The monoisotopic (exact) mass is 298 g/mol. The molecule has 0 bridgehead atoms. The first-order valence-electron chi connectivity index (χ1n) is 8.30. The molecular weight excluding hydrogens is 264 g/mol. The highest BCUT2D eigenvalue weighted by atomic mass is 16.5. The molecule has 1 heterocycles. The molecule has 0 aromatic carbocycles. The normalized spacial score (nSPS) is 19.8. The van der Waals surface area contributed by atoms with Crippen LogP contribution in [0.4, 0.5) is 0 Å². The lowest BCUT2D eigenvalue weighted by Crippen LogP contribution is -2.45. The first-order chi connectivity index (χ1) is 9.74. The van der Waals surface area contributed by atoms with Crippen molar-refractivity contribution < 1.29 is 9.53 Å². The van der Waals surface area contributed by atoms with Crippen molar-refractivity contribution in [2.75, 3.05) is 26.7 Å². The number of nitrogens with zero attached hydrogens (tertiary/aromatic N) is 1. The van der Waals surface area contributed by atoms with Gasteiger partial charge in [0.05, 0.1) is 7.11 Å². The second kappa shape index (κ2) is 8.14. The van der Waals surface area contributed by atoms with Gasteiger partial charge in [0.1, 0.15) is 6.04 Å². The zero-order valence-electron chi connectivity index (χ0n) is 14.7. The second-order valence-corrected chi connectivity index (χ2v) is 7.67. The summed E-state index contributed by atoms with van der Waals surface area (Å²) in [5, 5.41) is 3.30. The third-order valence-corrected chi connectivity index (χ3v) is 4.57. The summed E-state index contributed by atoms with van der Waals surface area (Å²) in [5.74, 6) is 0.673. The summed E-state index contributed by atoms with van der Waals surface area (Å²) in [6.07, 6.45) is 3.36. The van der Waals surface area contributed by atoms with E-state index in [-0.39, 0.29) is 12.0 Å². The highest BCUT2D eigenvalue weighted by Crippen LogP contribution is 2.34. The van der Waals surface area contributed by atoms with Crippen molar-refractivity contribution in [2.24, 2.45) is 11.3 Å². The molecule has 1 aliphatic rings. The van der Waals surface area contributed by atoms with E-state index in [4.69, 9.17) is 4.74 Å². The van der Waals surface area contributed by atoms with Gasteiger partial charge in [-0.1, -0.05) is 34.6 Å². The zero-order valence-corrected chi connectivity index (χ0v) is 14.7. The molecule has 1 rings (SSSR count). The molecule has 0 spiro atoms. The van der Waals surface area contributed by atoms with Gasteiger partial charge in [0, 0.05) is 12.6 Å². The number of ether oxygens (including phenoxy) is 1. The molecule has 1 saturated heterocycles. The Balaban J connectivity index is 2.39. The standard InChI is InChI=1S/C17H34N2O2/c1-13(2)18-15(16(20)21-6)9-12-19-10-7-14(8-11-19)17(3,4)5/h13-15,18H,7-12H2,1-6H3. The van der Waals surface area contributed by atoms with E-state index in [1.54, 1.807) is 0 Å². The minimum atomic E-state index is -0.185. The third kappa shape index (κ3) is 6.35. The lowest BCUT2D eigenvalue weighted by Gasteiger charge is -2.39. The number of nitrogens with one attached hydrogen (secondary N) is 1. The Kier molecular flexibility index (Phi) is 7.14. The molecule has 21 heavy (non-hydrogen) atoms. The number of esters is 1. The lowest BCUT2D eigenvalue weighted by atomic mass is 9.75. The molecule has 1 atom stereocenters. The Hall–Kier alpha value is -0.610. The summed E-state index contributed by atoms with van der Waals surface area (Å²) in [6, 6.07) is 0.107. The van der Waals surface area contributed by atoms with Crippen molar-refractivity contribution in [3.63, 3.8) is 0 Å². The lowest BCUT2D eigenvalue weighted by molar-refractivity contribution is -0.143. The van der Waals surface area contributed by atoms with Crippen molar-refractivity contribution in [1.82, 2.24) is 10.2 Å². The Morgan fingerprint density at radius 2 is 1.86 bits per heavy atom. The van der Waals surface area contributed by atoms with Gasteiger partial charge in [0.15, 0.2) is 0 Å². The van der Waals surface area contributed by atoms with E-state index < -0.39 is 0 Å². The molecule has 1 fully saturated rings. The van der Waals surface area contributed by atoms with Crippen molar-refractivity contribution in [3.8, 4) is 0 Å². The van der Waals surface area contributed by atoms with Crippen LogP contribution >= 0.6 is 0 Å². The fraction of sp³-hybridized carbons (Fsp3) is 0.941. The zero-order chi connectivity index (χ0) is 16.0. The van der Waals surface area contributed by atoms with Crippen LogP contribution in [0.5, 0.6) is 0 Å². The quantitative estimate of drug-likeness (QED) is 0.766. The number of rotatable bonds is 6. The minimum absolute atomic E-state index is 0.145. The molecule has 0 saturated carbocycles. The van der Waals surface area contributed by atoms with E-state index in [1.807, 2.05) is 0 Å². The van der Waals surface area contributed by atoms with Gasteiger partial charge in [-0.25, -0.2) is 0 Å². The summed E-state index contributed by atoms with van der Waals surface area (Å²) >= 11 is 0. The van der Waals surface area contributed by atoms with E-state index in [1.165, 1.54) is 20.0 Å². The maximum Gasteiger partial charge on any atom is 0.322 e. The molecule has 1 N–H and O–H groups in total. The van der Waals surface area contributed by atoms with E-state index in [0.29, 0.717) is 11.5 Å². The number of hydrogen-bond donors (Lipinski definition) is 1. The fourth-order valence-electron chi connectivity index (χ4n) is 3.15.